The Morgan fingerprint density at radius 2 is 2.33 bits per heavy atom. The maximum Gasteiger partial charge on any atom is 0.172 e. The minimum atomic E-state index is 0.0976. The average molecular weight is 293 g/mol. The van der Waals surface area contributed by atoms with Crippen molar-refractivity contribution in [3.05, 3.63) is 23.8 Å². The van der Waals surface area contributed by atoms with Crippen LogP contribution in [0.5, 0.6) is 5.75 Å². The van der Waals surface area contributed by atoms with Gasteiger partial charge in [-0.25, -0.2) is 0 Å². The Labute approximate surface area is 124 Å². The predicted molar refractivity (Wildman–Crippen MR) is 82.2 cm³/mol. The quantitative estimate of drug-likeness (QED) is 0.320. The highest BCUT2D eigenvalue weighted by Gasteiger charge is 2.27. The Hall–Kier alpha value is -1.95. The minimum absolute atomic E-state index is 0.0976. The van der Waals surface area contributed by atoms with Crippen LogP contribution in [0.25, 0.3) is 0 Å². The van der Waals surface area contributed by atoms with Crippen LogP contribution in [-0.4, -0.2) is 42.5 Å². The van der Waals surface area contributed by atoms with E-state index in [4.69, 9.17) is 20.8 Å². The van der Waals surface area contributed by atoms with Crippen molar-refractivity contribution in [2.24, 2.45) is 10.9 Å². The van der Waals surface area contributed by atoms with Gasteiger partial charge < -0.3 is 25.7 Å². The summed E-state index contributed by atoms with van der Waals surface area (Å²) in [5, 5.41) is 21.1. The van der Waals surface area contributed by atoms with E-state index in [0.29, 0.717) is 11.6 Å². The number of rotatable bonds is 6. The largest absolute Gasteiger partial charge is 0.497 e. The number of ether oxygens (including phenoxy) is 1. The summed E-state index contributed by atoms with van der Waals surface area (Å²) >= 11 is 0. The second kappa shape index (κ2) is 7.17. The first-order valence-corrected chi connectivity index (χ1v) is 7.24. The van der Waals surface area contributed by atoms with Gasteiger partial charge in [-0.15, -0.1) is 0 Å². The topological polar surface area (TPSA) is 91.3 Å². The molecule has 0 spiro atoms. The van der Waals surface area contributed by atoms with Crippen LogP contribution in [0, 0.1) is 0 Å². The fraction of sp³-hybridized carbons (Fsp3) is 0.533. The molecule has 0 saturated carbocycles. The van der Waals surface area contributed by atoms with Crippen molar-refractivity contribution in [1.82, 2.24) is 0 Å². The molecule has 1 heterocycles. The fourth-order valence-electron chi connectivity index (χ4n) is 2.93. The van der Waals surface area contributed by atoms with E-state index in [1.54, 1.807) is 13.2 Å². The van der Waals surface area contributed by atoms with Gasteiger partial charge in [0.1, 0.15) is 5.75 Å². The second-order valence-electron chi connectivity index (χ2n) is 5.22. The van der Waals surface area contributed by atoms with Gasteiger partial charge in [-0.1, -0.05) is 5.16 Å². The lowest BCUT2D eigenvalue weighted by Crippen LogP contribution is -2.31. The van der Waals surface area contributed by atoms with E-state index in [0.717, 1.165) is 43.7 Å². The molecule has 6 heteroatoms. The van der Waals surface area contributed by atoms with E-state index >= 15 is 0 Å². The molecule has 1 fully saturated rings. The predicted octanol–water partition coefficient (Wildman–Crippen LogP) is 1.53. The molecule has 6 nitrogen and oxygen atoms in total. The number of oxime groups is 1. The van der Waals surface area contributed by atoms with Crippen LogP contribution in [0.2, 0.25) is 0 Å². The monoisotopic (exact) mass is 293 g/mol. The standard InChI is InChI=1S/C15H23N3O3/c1-21-12-6-7-13(15(16)17-20)14(10-12)18-8-2-4-11(18)5-3-9-19/h6-7,10-11,19-20H,2-5,8-9H2,1H3,(H2,16,17). The summed E-state index contributed by atoms with van der Waals surface area (Å²) in [5.41, 5.74) is 7.42. The maximum atomic E-state index is 9.04. The van der Waals surface area contributed by atoms with Crippen molar-refractivity contribution in [3.8, 4) is 5.75 Å². The molecule has 1 aliphatic heterocycles. The Kier molecular flexibility index (Phi) is 5.27. The first-order chi connectivity index (χ1) is 10.2. The van der Waals surface area contributed by atoms with E-state index < -0.39 is 0 Å². The molecule has 0 radical (unpaired) electrons. The SMILES string of the molecule is COc1ccc(/C(N)=N/O)c(N2CCCC2CCCO)c1. The average Bonchev–Trinajstić information content (AvgIpc) is 2.99. The number of benzene rings is 1. The third-order valence-corrected chi connectivity index (χ3v) is 3.97. The number of methoxy groups -OCH3 is 1. The van der Waals surface area contributed by atoms with Crippen molar-refractivity contribution < 1.29 is 15.1 Å². The molecule has 1 unspecified atom stereocenters. The Morgan fingerprint density at radius 1 is 1.52 bits per heavy atom. The van der Waals surface area contributed by atoms with Crippen LogP contribution < -0.4 is 15.4 Å². The molecule has 116 valence electrons. The van der Waals surface area contributed by atoms with Gasteiger partial charge in [0.15, 0.2) is 5.84 Å². The lowest BCUT2D eigenvalue weighted by Gasteiger charge is -2.29. The third kappa shape index (κ3) is 3.39. The highest BCUT2D eigenvalue weighted by Crippen LogP contribution is 2.33. The van der Waals surface area contributed by atoms with E-state index in [9.17, 15) is 0 Å². The summed E-state index contributed by atoms with van der Waals surface area (Å²) < 4.78 is 5.29. The number of hydrogen-bond acceptors (Lipinski definition) is 5. The maximum absolute atomic E-state index is 9.04. The minimum Gasteiger partial charge on any atom is -0.497 e. The lowest BCUT2D eigenvalue weighted by molar-refractivity contribution is 0.279. The smallest absolute Gasteiger partial charge is 0.172 e. The highest BCUT2D eigenvalue weighted by atomic mass is 16.5. The van der Waals surface area contributed by atoms with E-state index in [2.05, 4.69) is 10.1 Å². The van der Waals surface area contributed by atoms with Gasteiger partial charge in [-0.05, 0) is 37.8 Å². The Morgan fingerprint density at radius 3 is 3.00 bits per heavy atom. The van der Waals surface area contributed by atoms with Crippen molar-refractivity contribution >= 4 is 11.5 Å². The van der Waals surface area contributed by atoms with Crippen LogP contribution in [0.15, 0.2) is 23.4 Å². The number of aliphatic hydroxyl groups is 1. The van der Waals surface area contributed by atoms with Crippen molar-refractivity contribution in [2.45, 2.75) is 31.7 Å². The molecular formula is C15H23N3O3. The molecular weight excluding hydrogens is 270 g/mol. The van der Waals surface area contributed by atoms with Crippen molar-refractivity contribution in [1.29, 1.82) is 0 Å². The Balaban J connectivity index is 2.35. The Bertz CT molecular complexity index is 505. The summed E-state index contributed by atoms with van der Waals surface area (Å²) in [6.45, 7) is 1.13. The number of nitrogens with two attached hydrogens (primary N) is 1. The number of anilines is 1. The lowest BCUT2D eigenvalue weighted by atomic mass is 10.1. The summed E-state index contributed by atoms with van der Waals surface area (Å²) in [5.74, 6) is 0.841. The van der Waals surface area contributed by atoms with Gasteiger partial charge in [0, 0.05) is 30.8 Å². The molecule has 0 aliphatic carbocycles. The summed E-state index contributed by atoms with van der Waals surface area (Å²) in [7, 11) is 1.62. The molecule has 0 aromatic heterocycles. The number of aliphatic hydroxyl groups excluding tert-OH is 1. The van der Waals surface area contributed by atoms with Crippen LogP contribution in [0.1, 0.15) is 31.2 Å². The zero-order valence-electron chi connectivity index (χ0n) is 12.3. The van der Waals surface area contributed by atoms with Gasteiger partial charge in [0.2, 0.25) is 0 Å². The van der Waals surface area contributed by atoms with Gasteiger partial charge in [-0.2, -0.15) is 0 Å². The zero-order chi connectivity index (χ0) is 15.2. The molecule has 21 heavy (non-hydrogen) atoms. The molecule has 1 aliphatic rings. The second-order valence-corrected chi connectivity index (χ2v) is 5.22. The molecule has 1 aromatic rings. The number of hydrogen-bond donors (Lipinski definition) is 3. The molecule has 1 atom stereocenters. The van der Waals surface area contributed by atoms with E-state index in [1.807, 2.05) is 12.1 Å². The third-order valence-electron chi connectivity index (χ3n) is 3.97. The van der Waals surface area contributed by atoms with Gasteiger partial charge >= 0.3 is 0 Å². The first-order valence-electron chi connectivity index (χ1n) is 7.24. The summed E-state index contributed by atoms with van der Waals surface area (Å²) in [6, 6.07) is 5.90. The molecule has 0 amide bonds. The molecule has 4 N–H and O–H groups in total. The summed E-state index contributed by atoms with van der Waals surface area (Å²) in [4.78, 5) is 2.27. The summed E-state index contributed by atoms with van der Waals surface area (Å²) in [6.07, 6.45) is 3.91. The number of nitrogens with zero attached hydrogens (tertiary/aromatic N) is 2. The van der Waals surface area contributed by atoms with Crippen LogP contribution in [-0.2, 0) is 0 Å². The molecule has 1 saturated heterocycles. The first kappa shape index (κ1) is 15.4. The van der Waals surface area contributed by atoms with Crippen LogP contribution >= 0.6 is 0 Å². The normalized spacial score (nSPS) is 19.0. The number of amidine groups is 1. The molecule has 1 aromatic carbocycles. The fourth-order valence-corrected chi connectivity index (χ4v) is 2.93. The van der Waals surface area contributed by atoms with Crippen LogP contribution in [0.3, 0.4) is 0 Å². The zero-order valence-corrected chi connectivity index (χ0v) is 12.3. The van der Waals surface area contributed by atoms with E-state index in [1.165, 1.54) is 0 Å². The molecule has 2 rings (SSSR count). The highest BCUT2D eigenvalue weighted by molar-refractivity contribution is 6.02. The van der Waals surface area contributed by atoms with Crippen molar-refractivity contribution in [2.75, 3.05) is 25.2 Å². The van der Waals surface area contributed by atoms with Crippen LogP contribution in [0.4, 0.5) is 5.69 Å². The molecule has 0 bridgehead atoms. The van der Waals surface area contributed by atoms with Gasteiger partial charge in [-0.3, -0.25) is 0 Å². The van der Waals surface area contributed by atoms with Gasteiger partial charge in [0.05, 0.1) is 12.8 Å². The van der Waals surface area contributed by atoms with Crippen molar-refractivity contribution in [3.63, 3.8) is 0 Å². The van der Waals surface area contributed by atoms with E-state index in [-0.39, 0.29) is 12.4 Å². The van der Waals surface area contributed by atoms with Gasteiger partial charge in [0.25, 0.3) is 0 Å².